The Morgan fingerprint density at radius 1 is 1.30 bits per heavy atom. The first-order valence-corrected chi connectivity index (χ1v) is 8.02. The zero-order valence-electron chi connectivity index (χ0n) is 14.0. The third-order valence-corrected chi connectivity index (χ3v) is 4.02. The van der Waals surface area contributed by atoms with Crippen molar-refractivity contribution in [3.8, 4) is 16.9 Å². The SMILES string of the molecule is O=CNCc1cc(-c2ccc(OC(F)(F)F)cc2)c2c(c1CO)N=CCN2. The van der Waals surface area contributed by atoms with Crippen LogP contribution in [0, 0.1) is 0 Å². The number of alkyl halides is 3. The summed E-state index contributed by atoms with van der Waals surface area (Å²) in [6.07, 6.45) is -2.55. The Morgan fingerprint density at radius 3 is 2.67 bits per heavy atom. The Hall–Kier alpha value is -3.07. The summed E-state index contributed by atoms with van der Waals surface area (Å²) in [6.45, 7) is 0.395. The highest BCUT2D eigenvalue weighted by atomic mass is 19.4. The molecule has 0 fully saturated rings. The fraction of sp³-hybridized carbons (Fsp3) is 0.222. The van der Waals surface area contributed by atoms with Crippen LogP contribution < -0.4 is 15.4 Å². The van der Waals surface area contributed by atoms with Gasteiger partial charge < -0.3 is 20.5 Å². The van der Waals surface area contributed by atoms with Crippen molar-refractivity contribution in [2.24, 2.45) is 4.99 Å². The average Bonchev–Trinajstić information content (AvgIpc) is 2.65. The van der Waals surface area contributed by atoms with Gasteiger partial charge in [-0.2, -0.15) is 0 Å². The van der Waals surface area contributed by atoms with Crippen molar-refractivity contribution in [3.05, 3.63) is 41.5 Å². The Labute approximate surface area is 152 Å². The quantitative estimate of drug-likeness (QED) is 0.674. The van der Waals surface area contributed by atoms with E-state index in [4.69, 9.17) is 0 Å². The number of aliphatic imine (C=N–C) groups is 1. The molecule has 1 aliphatic rings. The molecule has 9 heteroatoms. The highest BCUT2D eigenvalue weighted by Gasteiger charge is 2.31. The van der Waals surface area contributed by atoms with Crippen LogP contribution in [0.25, 0.3) is 11.1 Å². The molecule has 0 radical (unpaired) electrons. The first-order valence-electron chi connectivity index (χ1n) is 8.02. The van der Waals surface area contributed by atoms with Crippen molar-refractivity contribution in [3.63, 3.8) is 0 Å². The zero-order chi connectivity index (χ0) is 19.4. The number of hydrogen-bond donors (Lipinski definition) is 3. The van der Waals surface area contributed by atoms with E-state index in [-0.39, 0.29) is 18.9 Å². The van der Waals surface area contributed by atoms with Gasteiger partial charge in [0.15, 0.2) is 0 Å². The fourth-order valence-corrected chi connectivity index (χ4v) is 2.92. The van der Waals surface area contributed by atoms with E-state index in [0.717, 1.165) is 0 Å². The average molecular weight is 379 g/mol. The molecule has 27 heavy (non-hydrogen) atoms. The first-order chi connectivity index (χ1) is 12.9. The lowest BCUT2D eigenvalue weighted by Gasteiger charge is -2.22. The number of rotatable bonds is 6. The van der Waals surface area contributed by atoms with E-state index < -0.39 is 6.36 Å². The van der Waals surface area contributed by atoms with E-state index in [0.29, 0.717) is 46.6 Å². The molecule has 3 rings (SSSR count). The maximum atomic E-state index is 12.3. The van der Waals surface area contributed by atoms with Gasteiger partial charge in [-0.3, -0.25) is 9.79 Å². The molecule has 0 unspecified atom stereocenters. The Morgan fingerprint density at radius 2 is 2.04 bits per heavy atom. The van der Waals surface area contributed by atoms with Crippen molar-refractivity contribution in [2.45, 2.75) is 19.5 Å². The van der Waals surface area contributed by atoms with Gasteiger partial charge >= 0.3 is 6.36 Å². The zero-order valence-corrected chi connectivity index (χ0v) is 14.0. The molecule has 0 saturated heterocycles. The molecule has 1 aliphatic heterocycles. The predicted molar refractivity (Wildman–Crippen MR) is 94.0 cm³/mol. The van der Waals surface area contributed by atoms with Gasteiger partial charge in [0.2, 0.25) is 6.41 Å². The molecule has 2 aromatic rings. The fourth-order valence-electron chi connectivity index (χ4n) is 2.92. The molecule has 0 bridgehead atoms. The van der Waals surface area contributed by atoms with E-state index in [1.165, 1.54) is 24.3 Å². The Balaban J connectivity index is 2.06. The summed E-state index contributed by atoms with van der Waals surface area (Å²) in [5.41, 5.74) is 3.78. The van der Waals surface area contributed by atoms with Crippen molar-refractivity contribution in [2.75, 3.05) is 11.9 Å². The molecule has 142 valence electrons. The summed E-state index contributed by atoms with van der Waals surface area (Å²) in [5, 5.41) is 15.5. The Bertz CT molecular complexity index is 865. The summed E-state index contributed by atoms with van der Waals surface area (Å²) in [5.74, 6) is -0.319. The largest absolute Gasteiger partial charge is 0.573 e. The van der Waals surface area contributed by atoms with Gasteiger partial charge in [-0.1, -0.05) is 12.1 Å². The van der Waals surface area contributed by atoms with Crippen LogP contribution in [-0.2, 0) is 17.9 Å². The summed E-state index contributed by atoms with van der Waals surface area (Å²) in [4.78, 5) is 15.0. The number of aliphatic hydroxyl groups is 1. The molecule has 0 atom stereocenters. The summed E-state index contributed by atoms with van der Waals surface area (Å²) < 4.78 is 40.9. The summed E-state index contributed by atoms with van der Waals surface area (Å²) in [7, 11) is 0. The number of ether oxygens (including phenoxy) is 1. The number of nitrogens with one attached hydrogen (secondary N) is 2. The van der Waals surface area contributed by atoms with Gasteiger partial charge in [0.05, 0.1) is 24.5 Å². The van der Waals surface area contributed by atoms with Gasteiger partial charge in [-0.05, 0) is 29.3 Å². The molecular weight excluding hydrogens is 363 g/mol. The minimum Gasteiger partial charge on any atom is -0.406 e. The number of amides is 1. The van der Waals surface area contributed by atoms with Crippen molar-refractivity contribution in [1.82, 2.24) is 5.32 Å². The van der Waals surface area contributed by atoms with Crippen molar-refractivity contribution in [1.29, 1.82) is 0 Å². The lowest BCUT2D eigenvalue weighted by molar-refractivity contribution is -0.274. The number of aliphatic hydroxyl groups excluding tert-OH is 1. The molecule has 0 aliphatic carbocycles. The summed E-state index contributed by atoms with van der Waals surface area (Å²) >= 11 is 0. The number of hydrogen-bond acceptors (Lipinski definition) is 5. The van der Waals surface area contributed by atoms with Gasteiger partial charge in [-0.15, -0.1) is 13.2 Å². The second-order valence-electron chi connectivity index (χ2n) is 5.71. The highest BCUT2D eigenvalue weighted by Crippen LogP contribution is 2.42. The van der Waals surface area contributed by atoms with Gasteiger partial charge in [-0.25, -0.2) is 0 Å². The van der Waals surface area contributed by atoms with E-state index in [2.05, 4.69) is 20.4 Å². The van der Waals surface area contributed by atoms with Crippen LogP contribution in [0.5, 0.6) is 5.75 Å². The smallest absolute Gasteiger partial charge is 0.406 e. The standard InChI is InChI=1S/C18H16F3N3O3/c19-18(20,21)27-13-3-1-11(2-4-13)14-7-12(8-22-10-26)15(9-25)17-16(14)23-5-6-24-17/h1-4,6-7,10,23,25H,5,8-9H2,(H,22,26). The van der Waals surface area contributed by atoms with Gasteiger partial charge in [0.25, 0.3) is 0 Å². The molecule has 0 saturated carbocycles. The number of benzene rings is 2. The van der Waals surface area contributed by atoms with Crippen LogP contribution in [0.4, 0.5) is 24.5 Å². The van der Waals surface area contributed by atoms with E-state index in [1.807, 2.05) is 0 Å². The first kappa shape index (κ1) is 18.7. The van der Waals surface area contributed by atoms with Gasteiger partial charge in [0.1, 0.15) is 5.75 Å². The van der Waals surface area contributed by atoms with E-state index in [1.54, 1.807) is 12.3 Å². The highest BCUT2D eigenvalue weighted by molar-refractivity contribution is 5.93. The van der Waals surface area contributed by atoms with Crippen LogP contribution in [0.1, 0.15) is 11.1 Å². The number of carbonyl (C=O) groups is 1. The monoisotopic (exact) mass is 379 g/mol. The summed E-state index contributed by atoms with van der Waals surface area (Å²) in [6, 6.07) is 7.24. The predicted octanol–water partition coefficient (Wildman–Crippen LogP) is 3.12. The van der Waals surface area contributed by atoms with Crippen molar-refractivity contribution < 1.29 is 27.8 Å². The number of anilines is 1. The molecular formula is C18H16F3N3O3. The maximum Gasteiger partial charge on any atom is 0.573 e. The number of nitrogens with zero attached hydrogens (tertiary/aromatic N) is 1. The minimum atomic E-state index is -4.76. The van der Waals surface area contributed by atoms with Crippen LogP contribution in [-0.4, -0.2) is 30.6 Å². The van der Waals surface area contributed by atoms with Crippen molar-refractivity contribution >= 4 is 24.0 Å². The number of halogens is 3. The molecule has 1 amide bonds. The molecule has 6 nitrogen and oxygen atoms in total. The van der Waals surface area contributed by atoms with Crippen LogP contribution in [0.2, 0.25) is 0 Å². The topological polar surface area (TPSA) is 83.0 Å². The Kier molecular flexibility index (Phi) is 5.31. The molecule has 2 aromatic carbocycles. The third-order valence-electron chi connectivity index (χ3n) is 4.02. The normalized spacial score (nSPS) is 12.9. The number of fused-ring (bicyclic) bond motifs is 1. The molecule has 0 aromatic heterocycles. The second-order valence-corrected chi connectivity index (χ2v) is 5.71. The van der Waals surface area contributed by atoms with E-state index in [9.17, 15) is 23.1 Å². The van der Waals surface area contributed by atoms with Crippen LogP contribution in [0.3, 0.4) is 0 Å². The number of carbonyl (C=O) groups excluding carboxylic acids is 1. The lowest BCUT2D eigenvalue weighted by Crippen LogP contribution is -2.17. The van der Waals surface area contributed by atoms with Gasteiger partial charge in [0, 0.05) is 23.9 Å². The third kappa shape index (κ3) is 4.20. The van der Waals surface area contributed by atoms with Crippen LogP contribution in [0.15, 0.2) is 35.3 Å². The maximum absolute atomic E-state index is 12.3. The lowest BCUT2D eigenvalue weighted by atomic mass is 9.94. The molecule has 3 N–H and O–H groups in total. The van der Waals surface area contributed by atoms with Crippen LogP contribution >= 0.6 is 0 Å². The van der Waals surface area contributed by atoms with E-state index >= 15 is 0 Å². The second kappa shape index (κ2) is 7.67. The molecule has 0 spiro atoms. The molecule has 1 heterocycles. The minimum absolute atomic E-state index is 0.185.